The lowest BCUT2D eigenvalue weighted by atomic mass is 10.0. The molecule has 0 aliphatic carbocycles. The summed E-state index contributed by atoms with van der Waals surface area (Å²) in [7, 11) is 0. The van der Waals surface area contributed by atoms with Crippen molar-refractivity contribution in [1.82, 2.24) is 9.55 Å². The summed E-state index contributed by atoms with van der Waals surface area (Å²) in [5, 5.41) is 0. The second-order valence-electron chi connectivity index (χ2n) is 4.96. The quantitative estimate of drug-likeness (QED) is 0.808. The lowest BCUT2D eigenvalue weighted by Crippen LogP contribution is -2.21. The Morgan fingerprint density at radius 1 is 1.37 bits per heavy atom. The highest BCUT2D eigenvalue weighted by molar-refractivity contribution is 6.16. The van der Waals surface area contributed by atoms with E-state index in [4.69, 9.17) is 16.3 Å². The molecule has 0 radical (unpaired) electrons. The predicted molar refractivity (Wildman–Crippen MR) is 72.8 cm³/mol. The topological polar surface area (TPSA) is 27.1 Å². The molecule has 2 heterocycles. The van der Waals surface area contributed by atoms with E-state index in [2.05, 4.69) is 9.55 Å². The third kappa shape index (κ3) is 2.60. The average molecular weight is 283 g/mol. The zero-order chi connectivity index (χ0) is 13.2. The van der Waals surface area contributed by atoms with Crippen molar-refractivity contribution >= 4 is 22.6 Å². The smallest absolute Gasteiger partial charge is 0.125 e. The molecule has 0 N–H and O–H groups in total. The Labute approximate surface area is 116 Å². The molecule has 1 saturated heterocycles. The van der Waals surface area contributed by atoms with Crippen LogP contribution in [-0.2, 0) is 17.2 Å². The van der Waals surface area contributed by atoms with Gasteiger partial charge in [-0.2, -0.15) is 0 Å². The number of alkyl halides is 1. The van der Waals surface area contributed by atoms with Gasteiger partial charge in [0.2, 0.25) is 0 Å². The summed E-state index contributed by atoms with van der Waals surface area (Å²) >= 11 is 5.96. The molecule has 0 saturated carbocycles. The Kier molecular flexibility index (Phi) is 3.71. The molecular formula is C14H16ClFN2O. The van der Waals surface area contributed by atoms with Crippen LogP contribution in [0.4, 0.5) is 4.39 Å². The standard InChI is InChI=1S/C14H16ClFN2O/c15-8-14-17-12-7-11(16)1-2-13(12)18(14)9-10-3-5-19-6-4-10/h1-2,7,10H,3-6,8-9H2. The van der Waals surface area contributed by atoms with Crippen molar-refractivity contribution in [3.05, 3.63) is 29.8 Å². The first-order valence-electron chi connectivity index (χ1n) is 6.56. The van der Waals surface area contributed by atoms with Crippen LogP contribution in [0.2, 0.25) is 0 Å². The van der Waals surface area contributed by atoms with Crippen molar-refractivity contribution in [2.24, 2.45) is 5.92 Å². The first-order chi connectivity index (χ1) is 9.28. The fraction of sp³-hybridized carbons (Fsp3) is 0.500. The second kappa shape index (κ2) is 5.47. The summed E-state index contributed by atoms with van der Waals surface area (Å²) in [5.74, 6) is 1.48. The number of benzene rings is 1. The number of rotatable bonds is 3. The van der Waals surface area contributed by atoms with Gasteiger partial charge in [0.05, 0.1) is 16.9 Å². The van der Waals surface area contributed by atoms with Gasteiger partial charge in [-0.1, -0.05) is 0 Å². The molecule has 1 aromatic carbocycles. The average Bonchev–Trinajstić information content (AvgIpc) is 2.77. The van der Waals surface area contributed by atoms with Crippen LogP contribution in [0.5, 0.6) is 0 Å². The van der Waals surface area contributed by atoms with Crippen LogP contribution in [0.15, 0.2) is 18.2 Å². The maximum absolute atomic E-state index is 13.2. The van der Waals surface area contributed by atoms with Gasteiger partial charge in [0.15, 0.2) is 0 Å². The molecule has 5 heteroatoms. The lowest BCUT2D eigenvalue weighted by Gasteiger charge is -2.23. The number of ether oxygens (including phenoxy) is 1. The van der Waals surface area contributed by atoms with E-state index < -0.39 is 0 Å². The monoisotopic (exact) mass is 282 g/mol. The summed E-state index contributed by atoms with van der Waals surface area (Å²) in [4.78, 5) is 4.42. The SMILES string of the molecule is Fc1ccc2c(c1)nc(CCl)n2CC1CCOCC1. The van der Waals surface area contributed by atoms with Gasteiger partial charge in [0.25, 0.3) is 0 Å². The summed E-state index contributed by atoms with van der Waals surface area (Å²) in [5.41, 5.74) is 1.64. The van der Waals surface area contributed by atoms with E-state index in [-0.39, 0.29) is 5.82 Å². The van der Waals surface area contributed by atoms with Gasteiger partial charge in [0.1, 0.15) is 11.6 Å². The van der Waals surface area contributed by atoms with Crippen LogP contribution in [0, 0.1) is 11.7 Å². The van der Waals surface area contributed by atoms with Gasteiger partial charge in [-0.3, -0.25) is 0 Å². The van der Waals surface area contributed by atoms with Crippen LogP contribution < -0.4 is 0 Å². The van der Waals surface area contributed by atoms with Crippen molar-refractivity contribution in [2.45, 2.75) is 25.3 Å². The third-order valence-electron chi connectivity index (χ3n) is 3.69. The molecule has 1 aromatic heterocycles. The number of aromatic nitrogens is 2. The maximum atomic E-state index is 13.2. The molecular weight excluding hydrogens is 267 g/mol. The minimum atomic E-state index is -0.260. The summed E-state index contributed by atoms with van der Waals surface area (Å²) in [6, 6.07) is 4.72. The first kappa shape index (κ1) is 12.9. The van der Waals surface area contributed by atoms with Crippen molar-refractivity contribution in [3.63, 3.8) is 0 Å². The Morgan fingerprint density at radius 3 is 2.89 bits per heavy atom. The zero-order valence-corrected chi connectivity index (χ0v) is 11.4. The molecule has 1 fully saturated rings. The predicted octanol–water partition coefficient (Wildman–Crippen LogP) is 3.34. The minimum absolute atomic E-state index is 0.260. The number of halogens is 2. The van der Waals surface area contributed by atoms with E-state index in [0.29, 0.717) is 17.3 Å². The highest BCUT2D eigenvalue weighted by Crippen LogP contribution is 2.23. The molecule has 0 spiro atoms. The number of imidazole rings is 1. The van der Waals surface area contributed by atoms with Crippen LogP contribution in [0.3, 0.4) is 0 Å². The van der Waals surface area contributed by atoms with Crippen molar-refractivity contribution < 1.29 is 9.13 Å². The highest BCUT2D eigenvalue weighted by Gasteiger charge is 2.18. The molecule has 0 unspecified atom stereocenters. The number of hydrogen-bond acceptors (Lipinski definition) is 2. The lowest BCUT2D eigenvalue weighted by molar-refractivity contribution is 0.0614. The largest absolute Gasteiger partial charge is 0.381 e. The first-order valence-corrected chi connectivity index (χ1v) is 7.10. The third-order valence-corrected chi connectivity index (χ3v) is 3.93. The van der Waals surface area contributed by atoms with E-state index in [9.17, 15) is 4.39 Å². The molecule has 19 heavy (non-hydrogen) atoms. The van der Waals surface area contributed by atoms with Gasteiger partial charge in [-0.15, -0.1) is 11.6 Å². The van der Waals surface area contributed by atoms with Crippen molar-refractivity contribution in [3.8, 4) is 0 Å². The van der Waals surface area contributed by atoms with Crippen molar-refractivity contribution in [1.29, 1.82) is 0 Å². The molecule has 3 rings (SSSR count). The minimum Gasteiger partial charge on any atom is -0.381 e. The molecule has 1 aliphatic heterocycles. The fourth-order valence-electron chi connectivity index (χ4n) is 2.65. The molecule has 3 nitrogen and oxygen atoms in total. The van der Waals surface area contributed by atoms with Crippen LogP contribution in [0.1, 0.15) is 18.7 Å². The summed E-state index contributed by atoms with van der Waals surface area (Å²) in [6.45, 7) is 2.53. The summed E-state index contributed by atoms with van der Waals surface area (Å²) < 4.78 is 20.7. The van der Waals surface area contributed by atoms with Crippen molar-refractivity contribution in [2.75, 3.05) is 13.2 Å². The van der Waals surface area contributed by atoms with Gasteiger partial charge in [-0.25, -0.2) is 9.37 Å². The van der Waals surface area contributed by atoms with E-state index in [1.807, 2.05) is 0 Å². The van der Waals surface area contributed by atoms with Gasteiger partial charge in [-0.05, 0) is 30.9 Å². The number of nitrogens with zero attached hydrogens (tertiary/aromatic N) is 2. The van der Waals surface area contributed by atoms with Crippen LogP contribution in [-0.4, -0.2) is 22.8 Å². The van der Waals surface area contributed by atoms with E-state index in [1.165, 1.54) is 12.1 Å². The Hall–Kier alpha value is -1.13. The molecule has 2 aromatic rings. The Morgan fingerprint density at radius 2 is 2.16 bits per heavy atom. The van der Waals surface area contributed by atoms with E-state index in [0.717, 1.165) is 43.9 Å². The summed E-state index contributed by atoms with van der Waals surface area (Å²) in [6.07, 6.45) is 2.12. The maximum Gasteiger partial charge on any atom is 0.125 e. The Balaban J connectivity index is 1.95. The number of fused-ring (bicyclic) bond motifs is 1. The normalized spacial score (nSPS) is 17.2. The molecule has 102 valence electrons. The van der Waals surface area contributed by atoms with Crippen LogP contribution >= 0.6 is 11.6 Å². The van der Waals surface area contributed by atoms with Gasteiger partial charge < -0.3 is 9.30 Å². The zero-order valence-electron chi connectivity index (χ0n) is 10.6. The van der Waals surface area contributed by atoms with Gasteiger partial charge in [0, 0.05) is 25.8 Å². The van der Waals surface area contributed by atoms with Gasteiger partial charge >= 0.3 is 0 Å². The van der Waals surface area contributed by atoms with Crippen LogP contribution in [0.25, 0.3) is 11.0 Å². The fourth-order valence-corrected chi connectivity index (χ4v) is 2.85. The second-order valence-corrected chi connectivity index (χ2v) is 5.23. The molecule has 0 bridgehead atoms. The Bertz CT molecular complexity index is 578. The van der Waals surface area contributed by atoms with E-state index >= 15 is 0 Å². The highest BCUT2D eigenvalue weighted by atomic mass is 35.5. The number of hydrogen-bond donors (Lipinski definition) is 0. The molecule has 0 amide bonds. The molecule has 1 aliphatic rings. The molecule has 0 atom stereocenters. The van der Waals surface area contributed by atoms with E-state index in [1.54, 1.807) is 6.07 Å².